The summed E-state index contributed by atoms with van der Waals surface area (Å²) in [6.45, 7) is 2.91. The number of amides is 1. The molecule has 1 aliphatic carbocycles. The van der Waals surface area contributed by atoms with E-state index in [1.165, 1.54) is 12.8 Å². The fourth-order valence-corrected chi connectivity index (χ4v) is 2.68. The predicted molar refractivity (Wildman–Crippen MR) is 91.7 cm³/mol. The highest BCUT2D eigenvalue weighted by molar-refractivity contribution is 6.31. The van der Waals surface area contributed by atoms with Gasteiger partial charge in [-0.15, -0.1) is 0 Å². The zero-order valence-corrected chi connectivity index (χ0v) is 14.2. The Morgan fingerprint density at radius 3 is 2.91 bits per heavy atom. The van der Waals surface area contributed by atoms with Gasteiger partial charge in [0.1, 0.15) is 0 Å². The smallest absolute Gasteiger partial charge is 0.238 e. The molecule has 23 heavy (non-hydrogen) atoms. The number of hydrogen-bond acceptors (Lipinski definition) is 3. The van der Waals surface area contributed by atoms with Crippen LogP contribution in [0.2, 0.25) is 5.02 Å². The third-order valence-corrected chi connectivity index (χ3v) is 4.37. The topological polar surface area (TPSA) is 61.0 Å². The minimum Gasteiger partial charge on any atom is -0.325 e. The van der Waals surface area contributed by atoms with Crippen molar-refractivity contribution in [1.29, 1.82) is 0 Å². The summed E-state index contributed by atoms with van der Waals surface area (Å²) < 4.78 is 0. The first kappa shape index (κ1) is 16.0. The van der Waals surface area contributed by atoms with Crippen molar-refractivity contribution in [2.45, 2.75) is 32.2 Å². The predicted octanol–water partition coefficient (Wildman–Crippen LogP) is 3.32. The van der Waals surface area contributed by atoms with E-state index in [2.05, 4.69) is 21.6 Å². The summed E-state index contributed by atoms with van der Waals surface area (Å²) in [4.78, 5) is 14.1. The molecule has 0 unspecified atom stereocenters. The maximum Gasteiger partial charge on any atom is 0.238 e. The van der Waals surface area contributed by atoms with Crippen LogP contribution in [-0.2, 0) is 11.3 Å². The van der Waals surface area contributed by atoms with Gasteiger partial charge < -0.3 is 5.32 Å². The average molecular weight is 333 g/mol. The lowest BCUT2D eigenvalue weighted by molar-refractivity contribution is -0.117. The van der Waals surface area contributed by atoms with Gasteiger partial charge in [-0.25, -0.2) is 0 Å². The maximum atomic E-state index is 12.1. The highest BCUT2D eigenvalue weighted by atomic mass is 35.5. The number of aromatic nitrogens is 2. The number of aryl methyl sites for hydroxylation is 1. The third kappa shape index (κ3) is 4.33. The van der Waals surface area contributed by atoms with Crippen molar-refractivity contribution < 1.29 is 4.79 Å². The minimum atomic E-state index is -0.0452. The molecule has 0 spiro atoms. The standard InChI is InChI=1S/C17H21ClN4O/c1-11-7-13(5-6-15(11)18)19-17(23)10-22(2)9-14-8-16(21-20-14)12-3-4-12/h5-8,12H,3-4,9-10H2,1-2H3,(H,19,23)(H,20,21). The van der Waals surface area contributed by atoms with Crippen LogP contribution in [0.15, 0.2) is 24.3 Å². The summed E-state index contributed by atoms with van der Waals surface area (Å²) in [5.74, 6) is 0.595. The fraction of sp³-hybridized carbons (Fsp3) is 0.412. The van der Waals surface area contributed by atoms with Gasteiger partial charge in [-0.1, -0.05) is 11.6 Å². The van der Waals surface area contributed by atoms with Crippen molar-refractivity contribution in [3.63, 3.8) is 0 Å². The SMILES string of the molecule is Cc1cc(NC(=O)CN(C)Cc2cc(C3CC3)n[nH]2)ccc1Cl. The van der Waals surface area contributed by atoms with E-state index in [1.54, 1.807) is 6.07 Å². The van der Waals surface area contributed by atoms with E-state index >= 15 is 0 Å². The summed E-state index contributed by atoms with van der Waals surface area (Å²) >= 11 is 5.99. The summed E-state index contributed by atoms with van der Waals surface area (Å²) in [7, 11) is 1.92. The number of likely N-dealkylation sites (N-methyl/N-ethyl adjacent to an activating group) is 1. The van der Waals surface area contributed by atoms with E-state index in [9.17, 15) is 4.79 Å². The van der Waals surface area contributed by atoms with Gasteiger partial charge >= 0.3 is 0 Å². The molecular weight excluding hydrogens is 312 g/mol. The molecule has 2 aromatic rings. The number of benzene rings is 1. The third-order valence-electron chi connectivity index (χ3n) is 3.94. The van der Waals surface area contributed by atoms with E-state index in [-0.39, 0.29) is 5.91 Å². The van der Waals surface area contributed by atoms with Crippen LogP contribution < -0.4 is 5.32 Å². The van der Waals surface area contributed by atoms with E-state index in [0.29, 0.717) is 24.0 Å². The Morgan fingerprint density at radius 2 is 2.22 bits per heavy atom. The van der Waals surface area contributed by atoms with Gasteiger partial charge in [-0.3, -0.25) is 14.8 Å². The Hall–Kier alpha value is -1.85. The second kappa shape index (κ2) is 6.72. The number of anilines is 1. The number of nitrogens with zero attached hydrogens (tertiary/aromatic N) is 2. The zero-order valence-electron chi connectivity index (χ0n) is 13.4. The molecular formula is C17H21ClN4O. The number of aromatic amines is 1. The highest BCUT2D eigenvalue weighted by Crippen LogP contribution is 2.39. The molecule has 1 saturated carbocycles. The summed E-state index contributed by atoms with van der Waals surface area (Å²) in [5, 5.41) is 11.0. The normalized spacial score (nSPS) is 14.3. The molecule has 5 nitrogen and oxygen atoms in total. The Morgan fingerprint density at radius 1 is 1.43 bits per heavy atom. The molecule has 122 valence electrons. The average Bonchev–Trinajstić information content (AvgIpc) is 3.23. The van der Waals surface area contributed by atoms with Crippen LogP contribution in [-0.4, -0.2) is 34.6 Å². The molecule has 6 heteroatoms. The number of nitrogens with one attached hydrogen (secondary N) is 2. The van der Waals surface area contributed by atoms with E-state index < -0.39 is 0 Å². The lowest BCUT2D eigenvalue weighted by atomic mass is 10.2. The largest absolute Gasteiger partial charge is 0.325 e. The van der Waals surface area contributed by atoms with Crippen molar-refractivity contribution >= 4 is 23.2 Å². The minimum absolute atomic E-state index is 0.0452. The van der Waals surface area contributed by atoms with Gasteiger partial charge in [-0.2, -0.15) is 5.10 Å². The van der Waals surface area contributed by atoms with Gasteiger partial charge in [0.25, 0.3) is 0 Å². The Balaban J connectivity index is 1.50. The highest BCUT2D eigenvalue weighted by Gasteiger charge is 2.26. The van der Waals surface area contributed by atoms with Crippen LogP contribution in [0.3, 0.4) is 0 Å². The van der Waals surface area contributed by atoms with E-state index in [4.69, 9.17) is 11.6 Å². The van der Waals surface area contributed by atoms with Crippen molar-refractivity contribution in [3.8, 4) is 0 Å². The summed E-state index contributed by atoms with van der Waals surface area (Å²) in [5.41, 5.74) is 3.91. The molecule has 1 aliphatic rings. The van der Waals surface area contributed by atoms with Crippen molar-refractivity contribution in [1.82, 2.24) is 15.1 Å². The van der Waals surface area contributed by atoms with Crippen LogP contribution in [0.25, 0.3) is 0 Å². The molecule has 1 fully saturated rings. The van der Waals surface area contributed by atoms with Crippen LogP contribution in [0.1, 0.15) is 35.7 Å². The lowest BCUT2D eigenvalue weighted by Crippen LogP contribution is -2.30. The van der Waals surface area contributed by atoms with Crippen molar-refractivity contribution in [2.24, 2.45) is 0 Å². The molecule has 0 saturated heterocycles. The van der Waals surface area contributed by atoms with Gasteiger partial charge in [0.2, 0.25) is 5.91 Å². The van der Waals surface area contributed by atoms with E-state index in [0.717, 1.165) is 22.6 Å². The van der Waals surface area contributed by atoms with Crippen molar-refractivity contribution in [2.75, 3.05) is 18.9 Å². The Labute approximate surface area is 141 Å². The molecule has 0 radical (unpaired) electrons. The first-order chi connectivity index (χ1) is 11.0. The first-order valence-electron chi connectivity index (χ1n) is 7.80. The van der Waals surface area contributed by atoms with E-state index in [1.807, 2.05) is 31.0 Å². The van der Waals surface area contributed by atoms with Gasteiger partial charge in [0.15, 0.2) is 0 Å². The first-order valence-corrected chi connectivity index (χ1v) is 8.18. The fourth-order valence-electron chi connectivity index (χ4n) is 2.56. The van der Waals surface area contributed by atoms with Gasteiger partial charge in [-0.05, 0) is 56.6 Å². The van der Waals surface area contributed by atoms with Crippen LogP contribution in [0.5, 0.6) is 0 Å². The summed E-state index contributed by atoms with van der Waals surface area (Å²) in [6, 6.07) is 7.58. The maximum absolute atomic E-state index is 12.1. The van der Waals surface area contributed by atoms with Crippen LogP contribution >= 0.6 is 11.6 Å². The quantitative estimate of drug-likeness (QED) is 0.853. The number of carbonyl (C=O) groups is 1. The molecule has 1 aromatic heterocycles. The molecule has 1 heterocycles. The van der Waals surface area contributed by atoms with Crippen LogP contribution in [0.4, 0.5) is 5.69 Å². The van der Waals surface area contributed by atoms with Gasteiger partial charge in [0, 0.05) is 28.9 Å². The second-order valence-electron chi connectivity index (χ2n) is 6.28. The number of H-pyrrole nitrogens is 1. The number of hydrogen-bond donors (Lipinski definition) is 2. The molecule has 0 aliphatic heterocycles. The zero-order chi connectivity index (χ0) is 16.4. The number of halogens is 1. The van der Waals surface area contributed by atoms with Crippen molar-refractivity contribution in [3.05, 3.63) is 46.2 Å². The molecule has 2 N–H and O–H groups in total. The lowest BCUT2D eigenvalue weighted by Gasteiger charge is -2.15. The van der Waals surface area contributed by atoms with Gasteiger partial charge in [0.05, 0.1) is 12.2 Å². The molecule has 0 atom stereocenters. The molecule has 1 aromatic carbocycles. The molecule has 3 rings (SSSR count). The number of rotatable bonds is 6. The Kier molecular flexibility index (Phi) is 4.68. The number of carbonyl (C=O) groups excluding carboxylic acids is 1. The molecule has 0 bridgehead atoms. The Bertz CT molecular complexity index is 708. The second-order valence-corrected chi connectivity index (χ2v) is 6.68. The monoisotopic (exact) mass is 332 g/mol. The molecule has 1 amide bonds. The van der Waals surface area contributed by atoms with Crippen LogP contribution in [0, 0.1) is 6.92 Å². The summed E-state index contributed by atoms with van der Waals surface area (Å²) in [6.07, 6.45) is 2.48.